The molecule has 0 spiro atoms. The zero-order chi connectivity index (χ0) is 12.1. The summed E-state index contributed by atoms with van der Waals surface area (Å²) >= 11 is 0. The number of rotatable bonds is 5. The summed E-state index contributed by atoms with van der Waals surface area (Å²) in [6, 6.07) is 4.48. The van der Waals surface area contributed by atoms with Crippen LogP contribution in [0.25, 0.3) is 0 Å². The van der Waals surface area contributed by atoms with Gasteiger partial charge in [-0.1, -0.05) is 19.1 Å². The fraction of sp³-hybridized carbons (Fsp3) is 0.333. The van der Waals surface area contributed by atoms with E-state index in [1.165, 1.54) is 12.1 Å². The van der Waals surface area contributed by atoms with Crippen LogP contribution in [0.5, 0.6) is 0 Å². The van der Waals surface area contributed by atoms with Gasteiger partial charge in [0.15, 0.2) is 0 Å². The van der Waals surface area contributed by atoms with Crippen molar-refractivity contribution in [2.75, 3.05) is 0 Å². The number of aliphatic hydroxyl groups is 2. The van der Waals surface area contributed by atoms with Gasteiger partial charge < -0.3 is 10.2 Å². The van der Waals surface area contributed by atoms with Crippen LogP contribution in [0.1, 0.15) is 34.8 Å². The van der Waals surface area contributed by atoms with Crippen LogP contribution < -0.4 is 0 Å². The number of Topliss-reactive ketones (excluding diaryl/α,β-unsaturated/α-hetero) is 2. The van der Waals surface area contributed by atoms with Crippen molar-refractivity contribution in [3.05, 3.63) is 34.9 Å². The van der Waals surface area contributed by atoms with Crippen LogP contribution in [0.4, 0.5) is 0 Å². The number of hydrogen-bond donors (Lipinski definition) is 2. The first-order valence-corrected chi connectivity index (χ1v) is 5.05. The van der Waals surface area contributed by atoms with Gasteiger partial charge in [-0.25, -0.2) is 0 Å². The maximum atomic E-state index is 11.5. The highest BCUT2D eigenvalue weighted by atomic mass is 16.3. The van der Waals surface area contributed by atoms with E-state index in [4.69, 9.17) is 10.2 Å². The molecule has 1 aromatic carbocycles. The van der Waals surface area contributed by atoms with Crippen molar-refractivity contribution in [1.29, 1.82) is 0 Å². The number of carbonyl (C=O) groups excluding carboxylic acids is 2. The second-order valence-corrected chi connectivity index (χ2v) is 3.41. The minimum absolute atomic E-state index is 0.162. The monoisotopic (exact) mass is 222 g/mol. The molecule has 0 radical (unpaired) electrons. The number of hydrogen-bond acceptors (Lipinski definition) is 4. The second kappa shape index (κ2) is 5.53. The van der Waals surface area contributed by atoms with Crippen molar-refractivity contribution in [3.8, 4) is 0 Å². The molecule has 0 amide bonds. The van der Waals surface area contributed by atoms with E-state index in [9.17, 15) is 9.59 Å². The number of aliphatic hydroxyl groups excluding tert-OH is 2. The molecule has 0 aromatic heterocycles. The molecule has 0 fully saturated rings. The van der Waals surface area contributed by atoms with Crippen molar-refractivity contribution < 1.29 is 19.8 Å². The summed E-state index contributed by atoms with van der Waals surface area (Å²) in [5, 5.41) is 18.0. The van der Waals surface area contributed by atoms with E-state index in [0.717, 1.165) is 0 Å². The Morgan fingerprint density at radius 2 is 1.75 bits per heavy atom. The highest BCUT2D eigenvalue weighted by molar-refractivity contribution is 6.43. The fourth-order valence-electron chi connectivity index (χ4n) is 1.39. The van der Waals surface area contributed by atoms with Crippen LogP contribution in [-0.4, -0.2) is 21.8 Å². The summed E-state index contributed by atoms with van der Waals surface area (Å²) in [6.45, 7) is 1.15. The maximum Gasteiger partial charge on any atom is 0.228 e. The molecule has 86 valence electrons. The predicted molar refractivity (Wildman–Crippen MR) is 57.9 cm³/mol. The smallest absolute Gasteiger partial charge is 0.228 e. The molecule has 0 unspecified atom stereocenters. The quantitative estimate of drug-likeness (QED) is 0.571. The molecule has 0 bridgehead atoms. The topological polar surface area (TPSA) is 74.6 Å². The molecular weight excluding hydrogens is 208 g/mol. The van der Waals surface area contributed by atoms with Crippen LogP contribution in [-0.2, 0) is 18.0 Å². The first-order chi connectivity index (χ1) is 7.63. The third-order valence-electron chi connectivity index (χ3n) is 2.38. The Bertz CT molecular complexity index is 409. The lowest BCUT2D eigenvalue weighted by atomic mass is 10.00. The van der Waals surface area contributed by atoms with Gasteiger partial charge in [0.2, 0.25) is 11.6 Å². The fourth-order valence-corrected chi connectivity index (χ4v) is 1.39. The van der Waals surface area contributed by atoms with Crippen molar-refractivity contribution in [2.45, 2.75) is 26.6 Å². The SMILES string of the molecule is CCC(=O)C(=O)c1ccc(CO)c(CO)c1. The average Bonchev–Trinajstić information content (AvgIpc) is 2.35. The first-order valence-electron chi connectivity index (χ1n) is 5.05. The second-order valence-electron chi connectivity index (χ2n) is 3.41. The normalized spacial score (nSPS) is 10.2. The molecular formula is C12H14O4. The molecule has 16 heavy (non-hydrogen) atoms. The summed E-state index contributed by atoms with van der Waals surface area (Å²) < 4.78 is 0. The summed E-state index contributed by atoms with van der Waals surface area (Å²) in [4.78, 5) is 22.8. The highest BCUT2D eigenvalue weighted by Gasteiger charge is 2.15. The molecule has 0 atom stereocenters. The maximum absolute atomic E-state index is 11.5. The van der Waals surface area contributed by atoms with Gasteiger partial charge in [-0.15, -0.1) is 0 Å². The van der Waals surface area contributed by atoms with Gasteiger partial charge in [-0.3, -0.25) is 9.59 Å². The number of carbonyl (C=O) groups is 2. The van der Waals surface area contributed by atoms with Gasteiger partial charge in [-0.2, -0.15) is 0 Å². The van der Waals surface area contributed by atoms with Gasteiger partial charge in [0, 0.05) is 12.0 Å². The van der Waals surface area contributed by atoms with Crippen LogP contribution in [0.2, 0.25) is 0 Å². The third-order valence-corrected chi connectivity index (χ3v) is 2.38. The summed E-state index contributed by atoms with van der Waals surface area (Å²) in [5.74, 6) is -1.01. The third kappa shape index (κ3) is 2.53. The van der Waals surface area contributed by atoms with E-state index in [1.54, 1.807) is 13.0 Å². The van der Waals surface area contributed by atoms with Crippen LogP contribution in [0.15, 0.2) is 18.2 Å². The van der Waals surface area contributed by atoms with E-state index in [-0.39, 0.29) is 25.2 Å². The molecule has 0 saturated carbocycles. The summed E-state index contributed by atoms with van der Waals surface area (Å²) in [6.07, 6.45) is 0.162. The van der Waals surface area contributed by atoms with Crippen molar-refractivity contribution >= 4 is 11.6 Å². The Kier molecular flexibility index (Phi) is 4.34. The van der Waals surface area contributed by atoms with E-state index in [1.807, 2.05) is 0 Å². The van der Waals surface area contributed by atoms with Gasteiger partial charge in [0.05, 0.1) is 13.2 Å². The van der Waals surface area contributed by atoms with Crippen LogP contribution in [0.3, 0.4) is 0 Å². The van der Waals surface area contributed by atoms with E-state index in [2.05, 4.69) is 0 Å². The van der Waals surface area contributed by atoms with E-state index < -0.39 is 11.6 Å². The highest BCUT2D eigenvalue weighted by Crippen LogP contribution is 2.13. The number of benzene rings is 1. The van der Waals surface area contributed by atoms with Gasteiger partial charge >= 0.3 is 0 Å². The van der Waals surface area contributed by atoms with Gasteiger partial charge in [0.1, 0.15) is 0 Å². The molecule has 1 rings (SSSR count). The summed E-state index contributed by atoms with van der Waals surface area (Å²) in [7, 11) is 0. The van der Waals surface area contributed by atoms with Crippen molar-refractivity contribution in [3.63, 3.8) is 0 Å². The van der Waals surface area contributed by atoms with Crippen molar-refractivity contribution in [1.82, 2.24) is 0 Å². The first kappa shape index (κ1) is 12.5. The average molecular weight is 222 g/mol. The molecule has 4 nitrogen and oxygen atoms in total. The largest absolute Gasteiger partial charge is 0.392 e. The lowest BCUT2D eigenvalue weighted by molar-refractivity contribution is -0.114. The Morgan fingerprint density at radius 1 is 1.12 bits per heavy atom. The molecule has 4 heteroatoms. The molecule has 2 N–H and O–H groups in total. The van der Waals surface area contributed by atoms with Crippen molar-refractivity contribution in [2.24, 2.45) is 0 Å². The molecule has 0 aliphatic rings. The lowest BCUT2D eigenvalue weighted by Gasteiger charge is -2.06. The van der Waals surface area contributed by atoms with Gasteiger partial charge in [0.25, 0.3) is 0 Å². The Balaban J connectivity index is 3.08. The predicted octanol–water partition coefficient (Wildman–Crippen LogP) is 0.833. The van der Waals surface area contributed by atoms with Crippen LogP contribution >= 0.6 is 0 Å². The minimum atomic E-state index is -0.554. The van der Waals surface area contributed by atoms with E-state index in [0.29, 0.717) is 11.1 Å². The zero-order valence-electron chi connectivity index (χ0n) is 9.06. The number of ketones is 2. The Hall–Kier alpha value is -1.52. The Labute approximate surface area is 93.5 Å². The van der Waals surface area contributed by atoms with Crippen LogP contribution in [0, 0.1) is 0 Å². The zero-order valence-corrected chi connectivity index (χ0v) is 9.06. The molecule has 0 heterocycles. The van der Waals surface area contributed by atoms with E-state index >= 15 is 0 Å². The standard InChI is InChI=1S/C12H14O4/c1-2-11(15)12(16)8-3-4-9(6-13)10(5-8)7-14/h3-5,13-14H,2,6-7H2,1H3. The molecule has 0 saturated heterocycles. The minimum Gasteiger partial charge on any atom is -0.392 e. The molecule has 0 aliphatic carbocycles. The summed E-state index contributed by atoms with van der Waals surface area (Å²) in [5.41, 5.74) is 1.29. The Morgan fingerprint density at radius 3 is 2.25 bits per heavy atom. The van der Waals surface area contributed by atoms with Gasteiger partial charge in [-0.05, 0) is 17.2 Å². The molecule has 0 aliphatic heterocycles. The molecule has 1 aromatic rings. The lowest BCUT2D eigenvalue weighted by Crippen LogP contribution is -2.13.